The van der Waals surface area contributed by atoms with Crippen molar-refractivity contribution in [3.05, 3.63) is 29.8 Å². The number of amides is 2. The number of carbonyl (C=O) groups is 2. The van der Waals surface area contributed by atoms with Crippen molar-refractivity contribution in [1.82, 2.24) is 10.2 Å². The maximum atomic E-state index is 13.2. The molecule has 1 aliphatic heterocycles. The van der Waals surface area contributed by atoms with Crippen LogP contribution in [-0.4, -0.2) is 56.2 Å². The summed E-state index contributed by atoms with van der Waals surface area (Å²) in [6.07, 6.45) is 7.23. The lowest BCUT2D eigenvalue weighted by Crippen LogP contribution is -2.45. The van der Waals surface area contributed by atoms with Crippen molar-refractivity contribution < 1.29 is 14.3 Å². The van der Waals surface area contributed by atoms with Gasteiger partial charge in [-0.3, -0.25) is 4.79 Å². The molecule has 2 fully saturated rings. The number of anilines is 1. The summed E-state index contributed by atoms with van der Waals surface area (Å²) in [5.74, 6) is 0.118. The summed E-state index contributed by atoms with van der Waals surface area (Å²) >= 11 is 0. The summed E-state index contributed by atoms with van der Waals surface area (Å²) in [5.41, 5.74) is 1.78. The van der Waals surface area contributed by atoms with Gasteiger partial charge in [-0.25, -0.2) is 4.79 Å². The zero-order chi connectivity index (χ0) is 19.2. The molecule has 2 amide bonds. The lowest BCUT2D eigenvalue weighted by atomic mass is 9.94. The van der Waals surface area contributed by atoms with E-state index in [2.05, 4.69) is 15.0 Å². The van der Waals surface area contributed by atoms with E-state index in [-0.39, 0.29) is 18.0 Å². The number of nitrogens with zero attached hydrogens (tertiary/aromatic N) is 2. The molecule has 1 aliphatic carbocycles. The van der Waals surface area contributed by atoms with Gasteiger partial charge in [0, 0.05) is 37.9 Å². The van der Waals surface area contributed by atoms with Crippen LogP contribution in [0.5, 0.6) is 0 Å². The van der Waals surface area contributed by atoms with E-state index in [9.17, 15) is 9.59 Å². The van der Waals surface area contributed by atoms with Crippen LogP contribution in [-0.2, 0) is 4.74 Å². The van der Waals surface area contributed by atoms with Gasteiger partial charge in [0.2, 0.25) is 0 Å². The van der Waals surface area contributed by atoms with Gasteiger partial charge in [-0.05, 0) is 37.8 Å². The number of benzene rings is 1. The molecule has 1 aromatic rings. The molecule has 0 bridgehead atoms. The Labute approximate surface area is 161 Å². The molecular formula is C21H31N3O3. The molecule has 0 aromatic heterocycles. The van der Waals surface area contributed by atoms with Crippen LogP contribution in [0.25, 0.3) is 0 Å². The first-order chi connectivity index (χ1) is 13.1. The third kappa shape index (κ3) is 4.73. The van der Waals surface area contributed by atoms with Crippen molar-refractivity contribution in [2.75, 3.05) is 32.1 Å². The highest BCUT2D eigenvalue weighted by molar-refractivity contribution is 5.99. The minimum absolute atomic E-state index is 0.118. The molecule has 6 nitrogen and oxygen atoms in total. The maximum absolute atomic E-state index is 13.2. The van der Waals surface area contributed by atoms with Crippen molar-refractivity contribution >= 4 is 17.7 Å². The Balaban J connectivity index is 1.67. The molecule has 148 valence electrons. The predicted octanol–water partition coefficient (Wildman–Crippen LogP) is 3.42. The van der Waals surface area contributed by atoms with Crippen LogP contribution in [0.1, 0.15) is 55.3 Å². The minimum atomic E-state index is -0.377. The van der Waals surface area contributed by atoms with E-state index in [0.717, 1.165) is 50.0 Å². The van der Waals surface area contributed by atoms with Gasteiger partial charge in [0.05, 0.1) is 12.7 Å². The van der Waals surface area contributed by atoms with Gasteiger partial charge in [0.1, 0.15) is 0 Å². The molecule has 3 rings (SSSR count). The van der Waals surface area contributed by atoms with Gasteiger partial charge in [0.25, 0.3) is 5.91 Å². The van der Waals surface area contributed by atoms with Gasteiger partial charge in [0.15, 0.2) is 0 Å². The van der Waals surface area contributed by atoms with Crippen LogP contribution < -0.4 is 10.2 Å². The number of methoxy groups -OCH3 is 1. The van der Waals surface area contributed by atoms with E-state index in [1.165, 1.54) is 26.4 Å². The average Bonchev–Trinajstić information content (AvgIpc) is 2.73. The summed E-state index contributed by atoms with van der Waals surface area (Å²) in [6.45, 7) is 1.62. The van der Waals surface area contributed by atoms with Gasteiger partial charge in [-0.1, -0.05) is 31.4 Å². The van der Waals surface area contributed by atoms with Crippen LogP contribution in [0.4, 0.5) is 10.5 Å². The number of nitrogens with one attached hydrogen (secondary N) is 1. The molecule has 1 aromatic carbocycles. The summed E-state index contributed by atoms with van der Waals surface area (Å²) in [7, 11) is 3.33. The van der Waals surface area contributed by atoms with E-state index in [0.29, 0.717) is 6.04 Å². The van der Waals surface area contributed by atoms with Crippen LogP contribution in [0.3, 0.4) is 0 Å². The van der Waals surface area contributed by atoms with E-state index in [1.54, 1.807) is 0 Å². The van der Waals surface area contributed by atoms with Gasteiger partial charge in [-0.2, -0.15) is 0 Å². The quantitative estimate of drug-likeness (QED) is 0.878. The van der Waals surface area contributed by atoms with Crippen molar-refractivity contribution in [3.8, 4) is 0 Å². The number of ether oxygens (including phenoxy) is 1. The molecule has 0 spiro atoms. The number of rotatable bonds is 4. The lowest BCUT2D eigenvalue weighted by Gasteiger charge is -2.36. The monoisotopic (exact) mass is 373 g/mol. The molecular weight excluding hydrogens is 342 g/mol. The first-order valence-corrected chi connectivity index (χ1v) is 10.1. The Morgan fingerprint density at radius 2 is 1.74 bits per heavy atom. The third-order valence-corrected chi connectivity index (χ3v) is 5.92. The fourth-order valence-corrected chi connectivity index (χ4v) is 4.24. The number of hydrogen-bond donors (Lipinski definition) is 1. The third-order valence-electron chi connectivity index (χ3n) is 5.92. The first kappa shape index (κ1) is 19.5. The zero-order valence-corrected chi connectivity index (χ0v) is 16.4. The Morgan fingerprint density at radius 3 is 2.41 bits per heavy atom. The topological polar surface area (TPSA) is 61.9 Å². The fourth-order valence-electron chi connectivity index (χ4n) is 4.24. The van der Waals surface area contributed by atoms with E-state index < -0.39 is 0 Å². The molecule has 0 unspecified atom stereocenters. The summed E-state index contributed by atoms with van der Waals surface area (Å²) < 4.78 is 4.69. The normalized spacial score (nSPS) is 18.8. The smallest absolute Gasteiger partial charge is 0.407 e. The largest absolute Gasteiger partial charge is 0.453 e. The molecule has 0 radical (unpaired) electrons. The number of piperidine rings is 1. The Bertz CT molecular complexity index is 650. The second-order valence-electron chi connectivity index (χ2n) is 7.62. The number of alkyl carbamates (subject to hydrolysis) is 1. The molecule has 27 heavy (non-hydrogen) atoms. The Morgan fingerprint density at radius 1 is 1.07 bits per heavy atom. The van der Waals surface area contributed by atoms with Gasteiger partial charge < -0.3 is 19.9 Å². The SMILES string of the molecule is COC(=O)NC1CCN(c2ccccc2C(=O)N(C)C2CCCCC2)CC1. The molecule has 6 heteroatoms. The van der Waals surface area contributed by atoms with E-state index in [1.807, 2.05) is 36.2 Å². The van der Waals surface area contributed by atoms with Crippen LogP contribution in [0.2, 0.25) is 0 Å². The van der Waals surface area contributed by atoms with Gasteiger partial charge in [-0.15, -0.1) is 0 Å². The highest BCUT2D eigenvalue weighted by atomic mass is 16.5. The highest BCUT2D eigenvalue weighted by Gasteiger charge is 2.27. The Hall–Kier alpha value is -2.24. The summed E-state index contributed by atoms with van der Waals surface area (Å²) in [4.78, 5) is 28.8. The van der Waals surface area contributed by atoms with Gasteiger partial charge >= 0.3 is 6.09 Å². The second-order valence-corrected chi connectivity index (χ2v) is 7.62. The van der Waals surface area contributed by atoms with Crippen molar-refractivity contribution in [2.45, 2.75) is 57.0 Å². The molecule has 1 saturated heterocycles. The van der Waals surface area contributed by atoms with Crippen LogP contribution in [0, 0.1) is 0 Å². The van der Waals surface area contributed by atoms with Crippen LogP contribution >= 0.6 is 0 Å². The van der Waals surface area contributed by atoms with E-state index in [4.69, 9.17) is 0 Å². The standard InChI is InChI=1S/C21H31N3O3/c1-23(17-8-4-3-5-9-17)20(25)18-10-6-7-11-19(18)24-14-12-16(13-15-24)22-21(26)27-2/h6-7,10-11,16-17H,3-5,8-9,12-15H2,1-2H3,(H,22,26). The predicted molar refractivity (Wildman–Crippen MR) is 106 cm³/mol. The fraction of sp³-hybridized carbons (Fsp3) is 0.619. The summed E-state index contributed by atoms with van der Waals surface area (Å²) in [6, 6.07) is 8.39. The maximum Gasteiger partial charge on any atom is 0.407 e. The Kier molecular flexibility index (Phi) is 6.58. The van der Waals surface area contributed by atoms with Crippen LogP contribution in [0.15, 0.2) is 24.3 Å². The summed E-state index contributed by atoms with van der Waals surface area (Å²) in [5, 5.41) is 2.88. The molecule has 0 atom stereocenters. The first-order valence-electron chi connectivity index (χ1n) is 10.1. The number of hydrogen-bond acceptors (Lipinski definition) is 4. The number of para-hydroxylation sites is 1. The second kappa shape index (κ2) is 9.11. The van der Waals surface area contributed by atoms with Crippen molar-refractivity contribution in [1.29, 1.82) is 0 Å². The van der Waals surface area contributed by atoms with E-state index >= 15 is 0 Å². The highest BCUT2D eigenvalue weighted by Crippen LogP contribution is 2.28. The van der Waals surface area contributed by atoms with Crippen molar-refractivity contribution in [2.24, 2.45) is 0 Å². The number of carbonyl (C=O) groups excluding carboxylic acids is 2. The molecule has 2 aliphatic rings. The molecule has 1 N–H and O–H groups in total. The molecule has 1 heterocycles. The molecule has 1 saturated carbocycles. The minimum Gasteiger partial charge on any atom is -0.453 e. The van der Waals surface area contributed by atoms with Crippen molar-refractivity contribution in [3.63, 3.8) is 0 Å². The lowest BCUT2D eigenvalue weighted by molar-refractivity contribution is 0.0697. The average molecular weight is 373 g/mol. The zero-order valence-electron chi connectivity index (χ0n) is 16.4.